The van der Waals surface area contributed by atoms with Gasteiger partial charge in [-0.15, -0.1) is 10.2 Å². The molecule has 0 spiro atoms. The van der Waals surface area contributed by atoms with Gasteiger partial charge in [0.2, 0.25) is 5.82 Å². The Bertz CT molecular complexity index is 1110. The Balaban J connectivity index is 1.28. The number of carbonyl (C=O) groups excluding carboxylic acids is 1. The Morgan fingerprint density at radius 3 is 2.81 bits per heavy atom. The summed E-state index contributed by atoms with van der Waals surface area (Å²) in [6.45, 7) is 3.48. The third kappa shape index (κ3) is 3.90. The van der Waals surface area contributed by atoms with Crippen molar-refractivity contribution in [3.8, 4) is 5.75 Å². The SMILES string of the molecule is COc1ccccc1CN1C[C@H]2Cc3nnc(C(=O)Nc4cccc(F)c4)n3C[C@H]2C1. The Morgan fingerprint density at radius 2 is 1.97 bits per heavy atom. The number of rotatable bonds is 5. The zero-order valence-corrected chi connectivity index (χ0v) is 17.3. The van der Waals surface area contributed by atoms with Crippen LogP contribution in [-0.4, -0.2) is 45.8 Å². The Morgan fingerprint density at radius 1 is 1.13 bits per heavy atom. The molecule has 3 aromatic rings. The highest BCUT2D eigenvalue weighted by Crippen LogP contribution is 2.34. The predicted octanol–water partition coefficient (Wildman–Crippen LogP) is 2.98. The van der Waals surface area contributed by atoms with Gasteiger partial charge in [-0.3, -0.25) is 9.69 Å². The van der Waals surface area contributed by atoms with Crippen LogP contribution in [0, 0.1) is 17.7 Å². The second-order valence-electron chi connectivity index (χ2n) is 8.25. The zero-order valence-electron chi connectivity index (χ0n) is 17.3. The summed E-state index contributed by atoms with van der Waals surface area (Å²) in [5.41, 5.74) is 1.58. The first kappa shape index (κ1) is 19.7. The second kappa shape index (κ2) is 8.11. The van der Waals surface area contributed by atoms with Crippen molar-refractivity contribution < 1.29 is 13.9 Å². The zero-order chi connectivity index (χ0) is 21.4. The fourth-order valence-electron chi connectivity index (χ4n) is 4.75. The summed E-state index contributed by atoms with van der Waals surface area (Å²) in [5.74, 6) is 2.18. The molecule has 0 unspecified atom stereocenters. The number of methoxy groups -OCH3 is 1. The van der Waals surface area contributed by atoms with Gasteiger partial charge in [0.1, 0.15) is 17.4 Å². The summed E-state index contributed by atoms with van der Waals surface area (Å²) in [7, 11) is 1.70. The molecule has 1 N–H and O–H groups in total. The number of nitrogens with zero attached hydrogens (tertiary/aromatic N) is 4. The van der Waals surface area contributed by atoms with E-state index in [2.05, 4.69) is 26.5 Å². The number of aromatic nitrogens is 3. The summed E-state index contributed by atoms with van der Waals surface area (Å²) in [4.78, 5) is 15.2. The first-order valence-corrected chi connectivity index (χ1v) is 10.4. The minimum absolute atomic E-state index is 0.279. The molecule has 0 radical (unpaired) electrons. The van der Waals surface area contributed by atoms with Crippen LogP contribution < -0.4 is 10.1 Å². The molecule has 1 saturated heterocycles. The Labute approximate surface area is 179 Å². The standard InChI is InChI=1S/C23H24FN5O2/c1-31-20-8-3-2-5-15(20)11-28-12-16-9-21-26-27-22(29(21)14-17(16)13-28)23(30)25-19-7-4-6-18(24)10-19/h2-8,10,16-17H,9,11-14H2,1H3,(H,25,30)/t16-,17-/m1/s1. The average molecular weight is 421 g/mol. The summed E-state index contributed by atoms with van der Waals surface area (Å²) in [5, 5.41) is 11.1. The summed E-state index contributed by atoms with van der Waals surface area (Å²) in [6.07, 6.45) is 0.799. The van der Waals surface area contributed by atoms with Gasteiger partial charge in [-0.25, -0.2) is 4.39 Å². The van der Waals surface area contributed by atoms with Crippen molar-refractivity contribution >= 4 is 11.6 Å². The van der Waals surface area contributed by atoms with Crippen LogP contribution >= 0.6 is 0 Å². The highest BCUT2D eigenvalue weighted by molar-refractivity contribution is 6.01. The predicted molar refractivity (Wildman–Crippen MR) is 113 cm³/mol. The molecule has 2 aliphatic rings. The number of amides is 1. The summed E-state index contributed by atoms with van der Waals surface area (Å²) in [6, 6.07) is 13.9. The van der Waals surface area contributed by atoms with E-state index >= 15 is 0 Å². The van der Waals surface area contributed by atoms with Crippen LogP contribution in [0.5, 0.6) is 5.75 Å². The minimum Gasteiger partial charge on any atom is -0.496 e. The van der Waals surface area contributed by atoms with Crippen molar-refractivity contribution in [1.82, 2.24) is 19.7 Å². The van der Waals surface area contributed by atoms with Gasteiger partial charge < -0.3 is 14.6 Å². The molecule has 7 nitrogen and oxygen atoms in total. The van der Waals surface area contributed by atoms with Gasteiger partial charge in [-0.2, -0.15) is 0 Å². The molecule has 3 heterocycles. The lowest BCUT2D eigenvalue weighted by Crippen LogP contribution is -2.31. The van der Waals surface area contributed by atoms with Crippen LogP contribution in [0.25, 0.3) is 0 Å². The van der Waals surface area contributed by atoms with E-state index < -0.39 is 5.82 Å². The molecule has 2 aliphatic heterocycles. The highest BCUT2D eigenvalue weighted by Gasteiger charge is 2.39. The fourth-order valence-corrected chi connectivity index (χ4v) is 4.75. The maximum absolute atomic E-state index is 13.4. The van der Waals surface area contributed by atoms with Crippen molar-refractivity contribution in [2.45, 2.75) is 19.5 Å². The van der Waals surface area contributed by atoms with Crippen molar-refractivity contribution in [1.29, 1.82) is 0 Å². The number of nitrogens with one attached hydrogen (secondary N) is 1. The minimum atomic E-state index is -0.398. The van der Waals surface area contributed by atoms with Crippen molar-refractivity contribution in [2.75, 3.05) is 25.5 Å². The van der Waals surface area contributed by atoms with E-state index in [9.17, 15) is 9.18 Å². The van der Waals surface area contributed by atoms with Crippen LogP contribution in [0.4, 0.5) is 10.1 Å². The number of hydrogen-bond acceptors (Lipinski definition) is 5. The molecule has 0 aliphatic carbocycles. The van der Waals surface area contributed by atoms with E-state index in [0.717, 1.165) is 37.6 Å². The molecule has 2 atom stereocenters. The third-order valence-electron chi connectivity index (χ3n) is 6.21. The molecule has 8 heteroatoms. The van der Waals surface area contributed by atoms with E-state index in [4.69, 9.17) is 4.74 Å². The van der Waals surface area contributed by atoms with Gasteiger partial charge in [0, 0.05) is 43.9 Å². The number of carbonyl (C=O) groups is 1. The number of hydrogen-bond donors (Lipinski definition) is 1. The molecule has 160 valence electrons. The first-order valence-electron chi connectivity index (χ1n) is 10.4. The molecule has 5 rings (SSSR count). The Kier molecular flexibility index (Phi) is 5.15. The average Bonchev–Trinajstić information content (AvgIpc) is 3.35. The van der Waals surface area contributed by atoms with Crippen molar-refractivity contribution in [3.63, 3.8) is 0 Å². The normalized spacial score (nSPS) is 20.2. The van der Waals surface area contributed by atoms with Crippen LogP contribution in [0.3, 0.4) is 0 Å². The van der Waals surface area contributed by atoms with Crippen LogP contribution in [0.2, 0.25) is 0 Å². The number of anilines is 1. The van der Waals surface area contributed by atoms with E-state index in [1.165, 1.54) is 17.7 Å². The first-order chi connectivity index (χ1) is 15.1. The lowest BCUT2D eigenvalue weighted by atomic mass is 9.89. The number of benzene rings is 2. The van der Waals surface area contributed by atoms with Gasteiger partial charge in [0.15, 0.2) is 0 Å². The fraction of sp³-hybridized carbons (Fsp3) is 0.348. The molecule has 1 amide bonds. The molecule has 2 aromatic carbocycles. The lowest BCUT2D eigenvalue weighted by molar-refractivity contribution is 0.100. The molecule has 31 heavy (non-hydrogen) atoms. The van der Waals surface area contributed by atoms with Crippen LogP contribution in [0.15, 0.2) is 48.5 Å². The van der Waals surface area contributed by atoms with Crippen molar-refractivity contribution in [2.24, 2.45) is 11.8 Å². The lowest BCUT2D eigenvalue weighted by Gasteiger charge is -2.25. The largest absolute Gasteiger partial charge is 0.496 e. The molecular weight excluding hydrogens is 397 g/mol. The van der Waals surface area contributed by atoms with E-state index in [1.54, 1.807) is 19.2 Å². The van der Waals surface area contributed by atoms with E-state index in [1.807, 2.05) is 22.8 Å². The molecule has 1 fully saturated rings. The molecule has 0 bridgehead atoms. The van der Waals surface area contributed by atoms with Gasteiger partial charge in [0.05, 0.1) is 7.11 Å². The number of para-hydroxylation sites is 1. The van der Waals surface area contributed by atoms with Gasteiger partial charge in [-0.05, 0) is 36.1 Å². The van der Waals surface area contributed by atoms with Gasteiger partial charge >= 0.3 is 0 Å². The summed E-state index contributed by atoms with van der Waals surface area (Å²) >= 11 is 0. The van der Waals surface area contributed by atoms with E-state index in [-0.39, 0.29) is 11.7 Å². The highest BCUT2D eigenvalue weighted by atomic mass is 19.1. The maximum atomic E-state index is 13.4. The molecule has 1 aromatic heterocycles. The molecular formula is C23H24FN5O2. The van der Waals surface area contributed by atoms with Crippen LogP contribution in [-0.2, 0) is 19.5 Å². The number of likely N-dealkylation sites (tertiary alicyclic amines) is 1. The van der Waals surface area contributed by atoms with Crippen molar-refractivity contribution in [3.05, 3.63) is 71.6 Å². The van der Waals surface area contributed by atoms with Crippen LogP contribution in [0.1, 0.15) is 22.0 Å². The topological polar surface area (TPSA) is 72.3 Å². The quantitative estimate of drug-likeness (QED) is 0.686. The Hall–Kier alpha value is -3.26. The van der Waals surface area contributed by atoms with Gasteiger partial charge in [0.25, 0.3) is 5.91 Å². The maximum Gasteiger partial charge on any atom is 0.293 e. The molecule has 0 saturated carbocycles. The second-order valence-corrected chi connectivity index (χ2v) is 8.25. The monoisotopic (exact) mass is 421 g/mol. The van der Waals surface area contributed by atoms with Gasteiger partial charge in [-0.1, -0.05) is 24.3 Å². The summed E-state index contributed by atoms with van der Waals surface area (Å²) < 4.78 is 20.8. The number of ether oxygens (including phenoxy) is 1. The number of fused-ring (bicyclic) bond motifs is 2. The number of halogens is 1. The smallest absolute Gasteiger partial charge is 0.293 e. The van der Waals surface area contributed by atoms with E-state index in [0.29, 0.717) is 24.1 Å². The third-order valence-corrected chi connectivity index (χ3v) is 6.21.